The smallest absolute Gasteiger partial charge is 0.312 e. The molecule has 2 saturated heterocycles. The van der Waals surface area contributed by atoms with Gasteiger partial charge in [0, 0.05) is 36.9 Å². The highest BCUT2D eigenvalue weighted by molar-refractivity contribution is 5.61. The van der Waals surface area contributed by atoms with Crippen molar-refractivity contribution in [1.29, 1.82) is 0 Å². The van der Waals surface area contributed by atoms with E-state index >= 15 is 0 Å². The molecule has 2 bridgehead atoms. The molecule has 6 heteroatoms. The lowest BCUT2D eigenvalue weighted by molar-refractivity contribution is -0.385. The van der Waals surface area contributed by atoms with Crippen LogP contribution in [0, 0.1) is 10.1 Å². The number of likely N-dealkylation sites (tertiary alicyclic amines) is 1. The first kappa shape index (κ1) is 12.2. The number of nitro groups is 1. The number of nitro benzene ring substituents is 1. The predicted molar refractivity (Wildman–Crippen MR) is 71.8 cm³/mol. The number of nitrogens with zero attached hydrogens (tertiary/aromatic N) is 3. The predicted octanol–water partition coefficient (Wildman–Crippen LogP) is 1.50. The second-order valence-corrected chi connectivity index (χ2v) is 5.25. The molecular weight excluding hydrogens is 246 g/mol. The molecule has 0 amide bonds. The van der Waals surface area contributed by atoms with E-state index in [0.717, 1.165) is 25.2 Å². The van der Waals surface area contributed by atoms with Crippen molar-refractivity contribution in [3.05, 3.63) is 28.3 Å². The van der Waals surface area contributed by atoms with Gasteiger partial charge in [0.25, 0.3) is 0 Å². The van der Waals surface area contributed by atoms with Crippen LogP contribution in [0.5, 0.6) is 5.75 Å². The first-order chi connectivity index (χ1) is 9.10. The van der Waals surface area contributed by atoms with E-state index in [4.69, 9.17) is 4.74 Å². The summed E-state index contributed by atoms with van der Waals surface area (Å²) in [6.45, 7) is 1.98. The zero-order chi connectivity index (χ0) is 13.6. The molecule has 0 aliphatic carbocycles. The van der Waals surface area contributed by atoms with E-state index in [0.29, 0.717) is 17.8 Å². The molecular formula is C13H17N3O3. The molecule has 2 aliphatic heterocycles. The number of hydrogen-bond acceptors (Lipinski definition) is 5. The Balaban J connectivity index is 1.90. The minimum absolute atomic E-state index is 0.0381. The van der Waals surface area contributed by atoms with E-state index < -0.39 is 0 Å². The SMILES string of the molecule is COc1ccc(N2CC3CC2CN3C)cc1[N+](=O)[O-]. The maximum Gasteiger partial charge on any atom is 0.312 e. The second-order valence-electron chi connectivity index (χ2n) is 5.25. The summed E-state index contributed by atoms with van der Waals surface area (Å²) in [5, 5.41) is 11.1. The van der Waals surface area contributed by atoms with Gasteiger partial charge in [-0.3, -0.25) is 15.0 Å². The van der Waals surface area contributed by atoms with Crippen molar-refractivity contribution in [3.63, 3.8) is 0 Å². The molecule has 2 heterocycles. The Hall–Kier alpha value is -1.82. The molecule has 2 unspecified atom stereocenters. The van der Waals surface area contributed by atoms with Gasteiger partial charge in [-0.2, -0.15) is 0 Å². The van der Waals surface area contributed by atoms with E-state index in [-0.39, 0.29) is 10.6 Å². The topological polar surface area (TPSA) is 58.8 Å². The molecule has 1 aromatic rings. The lowest BCUT2D eigenvalue weighted by atomic mass is 10.2. The number of methoxy groups -OCH3 is 1. The summed E-state index contributed by atoms with van der Waals surface area (Å²) in [7, 11) is 3.59. The standard InChI is InChI=1S/C13H17N3O3/c1-14-7-11-5-10(14)8-15(11)9-3-4-13(19-2)12(6-9)16(17)18/h3-4,6,10-11H,5,7-8H2,1-2H3. The fourth-order valence-electron chi connectivity index (χ4n) is 3.18. The van der Waals surface area contributed by atoms with E-state index in [1.165, 1.54) is 7.11 Å². The van der Waals surface area contributed by atoms with Crippen LogP contribution < -0.4 is 9.64 Å². The number of hydrogen-bond donors (Lipinski definition) is 0. The molecule has 0 spiro atoms. The van der Waals surface area contributed by atoms with Crippen molar-refractivity contribution in [2.75, 3.05) is 32.1 Å². The lowest BCUT2D eigenvalue weighted by Gasteiger charge is -2.33. The lowest BCUT2D eigenvalue weighted by Crippen LogP contribution is -2.44. The summed E-state index contributed by atoms with van der Waals surface area (Å²) in [6, 6.07) is 6.27. The van der Waals surface area contributed by atoms with Crippen LogP contribution in [0.3, 0.4) is 0 Å². The Kier molecular flexibility index (Phi) is 2.82. The van der Waals surface area contributed by atoms with Gasteiger partial charge in [-0.05, 0) is 25.6 Å². The summed E-state index contributed by atoms with van der Waals surface area (Å²) < 4.78 is 5.03. The van der Waals surface area contributed by atoms with Crippen LogP contribution in [-0.2, 0) is 0 Å². The molecule has 0 saturated carbocycles. The van der Waals surface area contributed by atoms with Crippen molar-refractivity contribution in [2.24, 2.45) is 0 Å². The number of fused-ring (bicyclic) bond motifs is 2. The van der Waals surface area contributed by atoms with Crippen LogP contribution in [0.25, 0.3) is 0 Å². The van der Waals surface area contributed by atoms with Crippen molar-refractivity contribution >= 4 is 11.4 Å². The van der Waals surface area contributed by atoms with Crippen LogP contribution >= 0.6 is 0 Å². The maximum atomic E-state index is 11.1. The Morgan fingerprint density at radius 3 is 2.68 bits per heavy atom. The number of rotatable bonds is 3. The van der Waals surface area contributed by atoms with Crippen LogP contribution in [-0.4, -0.2) is 49.2 Å². The summed E-state index contributed by atoms with van der Waals surface area (Å²) in [5.74, 6) is 0.315. The molecule has 6 nitrogen and oxygen atoms in total. The molecule has 1 aromatic carbocycles. The van der Waals surface area contributed by atoms with Gasteiger partial charge in [0.15, 0.2) is 5.75 Å². The van der Waals surface area contributed by atoms with Gasteiger partial charge in [0.05, 0.1) is 12.0 Å². The van der Waals surface area contributed by atoms with Gasteiger partial charge in [0.2, 0.25) is 0 Å². The van der Waals surface area contributed by atoms with Gasteiger partial charge in [-0.25, -0.2) is 0 Å². The molecule has 102 valence electrons. The van der Waals surface area contributed by atoms with Gasteiger partial charge in [-0.1, -0.05) is 0 Å². The number of ether oxygens (including phenoxy) is 1. The highest BCUT2D eigenvalue weighted by Gasteiger charge is 2.41. The quantitative estimate of drug-likeness (QED) is 0.611. The van der Waals surface area contributed by atoms with E-state index in [9.17, 15) is 10.1 Å². The summed E-state index contributed by atoms with van der Waals surface area (Å²) >= 11 is 0. The molecule has 0 N–H and O–H groups in total. The molecule has 2 atom stereocenters. The van der Waals surface area contributed by atoms with E-state index in [1.54, 1.807) is 12.1 Å². The Labute approximate surface area is 111 Å². The van der Waals surface area contributed by atoms with Crippen molar-refractivity contribution in [3.8, 4) is 5.75 Å². The Morgan fingerprint density at radius 1 is 1.37 bits per heavy atom. The van der Waals surface area contributed by atoms with Crippen molar-refractivity contribution in [1.82, 2.24) is 4.90 Å². The average Bonchev–Trinajstić information content (AvgIpc) is 2.96. The van der Waals surface area contributed by atoms with Crippen molar-refractivity contribution < 1.29 is 9.66 Å². The van der Waals surface area contributed by atoms with Crippen LogP contribution in [0.15, 0.2) is 18.2 Å². The normalized spacial score (nSPS) is 25.9. The Morgan fingerprint density at radius 2 is 2.16 bits per heavy atom. The third-order valence-corrected chi connectivity index (χ3v) is 4.21. The number of benzene rings is 1. The van der Waals surface area contributed by atoms with Crippen LogP contribution in [0.1, 0.15) is 6.42 Å². The Bertz CT molecular complexity index is 518. The minimum Gasteiger partial charge on any atom is -0.490 e. The minimum atomic E-state index is -0.386. The molecule has 19 heavy (non-hydrogen) atoms. The van der Waals surface area contributed by atoms with Crippen molar-refractivity contribution in [2.45, 2.75) is 18.5 Å². The first-order valence-electron chi connectivity index (χ1n) is 6.39. The molecule has 2 fully saturated rings. The third kappa shape index (κ3) is 1.92. The van der Waals surface area contributed by atoms with Gasteiger partial charge < -0.3 is 9.64 Å². The summed E-state index contributed by atoms with van der Waals surface area (Å²) in [4.78, 5) is 15.3. The number of likely N-dealkylation sites (N-methyl/N-ethyl adjacent to an activating group) is 1. The van der Waals surface area contributed by atoms with Gasteiger partial charge in [-0.15, -0.1) is 0 Å². The highest BCUT2D eigenvalue weighted by atomic mass is 16.6. The average molecular weight is 263 g/mol. The second kappa shape index (κ2) is 4.38. The summed E-state index contributed by atoms with van der Waals surface area (Å²) in [5.41, 5.74) is 0.962. The maximum absolute atomic E-state index is 11.1. The van der Waals surface area contributed by atoms with Crippen LogP contribution in [0.2, 0.25) is 0 Å². The summed E-state index contributed by atoms with van der Waals surface area (Å²) in [6.07, 6.45) is 1.15. The molecule has 2 aliphatic rings. The number of piperazine rings is 1. The fourth-order valence-corrected chi connectivity index (χ4v) is 3.18. The zero-order valence-corrected chi connectivity index (χ0v) is 11.1. The largest absolute Gasteiger partial charge is 0.490 e. The molecule has 3 rings (SSSR count). The zero-order valence-electron chi connectivity index (χ0n) is 11.1. The number of anilines is 1. The molecule has 0 radical (unpaired) electrons. The first-order valence-corrected chi connectivity index (χ1v) is 6.39. The van der Waals surface area contributed by atoms with Gasteiger partial charge >= 0.3 is 5.69 Å². The van der Waals surface area contributed by atoms with Crippen LogP contribution in [0.4, 0.5) is 11.4 Å². The fraction of sp³-hybridized carbons (Fsp3) is 0.538. The monoisotopic (exact) mass is 263 g/mol. The van der Waals surface area contributed by atoms with E-state index in [1.807, 2.05) is 6.07 Å². The molecule has 0 aromatic heterocycles. The van der Waals surface area contributed by atoms with E-state index in [2.05, 4.69) is 16.8 Å². The third-order valence-electron chi connectivity index (χ3n) is 4.21. The highest BCUT2D eigenvalue weighted by Crippen LogP contribution is 2.37. The van der Waals surface area contributed by atoms with Gasteiger partial charge in [0.1, 0.15) is 0 Å².